The largest absolute Gasteiger partial charge is 0.444 e. The van der Waals surface area contributed by atoms with Crippen molar-refractivity contribution >= 4 is 27.8 Å². The van der Waals surface area contributed by atoms with Gasteiger partial charge in [0.1, 0.15) is 11.1 Å². The van der Waals surface area contributed by atoms with Crippen molar-refractivity contribution in [1.82, 2.24) is 5.32 Å². The zero-order valence-electron chi connectivity index (χ0n) is 12.2. The molecule has 0 unspecified atom stereocenters. The summed E-state index contributed by atoms with van der Waals surface area (Å²) in [6.45, 7) is 7.62. The second-order valence-electron chi connectivity index (χ2n) is 6.45. The smallest absolute Gasteiger partial charge is 0.408 e. The Morgan fingerprint density at radius 2 is 1.84 bits per heavy atom. The second-order valence-corrected chi connectivity index (χ2v) is 7.01. The zero-order valence-corrected chi connectivity index (χ0v) is 13.8. The number of Topliss-reactive ketones (excluding diaryl/α,β-unsaturated/α-hetero) is 1. The Bertz CT molecular complexity index is 341. The first-order valence-electron chi connectivity index (χ1n) is 6.79. The van der Waals surface area contributed by atoms with Gasteiger partial charge in [0.05, 0.1) is 5.33 Å². The molecule has 1 aliphatic rings. The molecule has 1 saturated carbocycles. The third-order valence-corrected chi connectivity index (χ3v) is 4.03. The summed E-state index contributed by atoms with van der Waals surface area (Å²) in [6, 6.07) is 0. The van der Waals surface area contributed by atoms with Gasteiger partial charge in [-0.1, -0.05) is 22.9 Å². The minimum absolute atomic E-state index is 0.0326. The minimum atomic E-state index is -0.752. The number of halogens is 1. The van der Waals surface area contributed by atoms with Crippen LogP contribution < -0.4 is 5.32 Å². The van der Waals surface area contributed by atoms with E-state index in [1.54, 1.807) is 0 Å². The molecule has 0 bridgehead atoms. The normalized spacial score (nSPS) is 27.7. The minimum Gasteiger partial charge on any atom is -0.444 e. The summed E-state index contributed by atoms with van der Waals surface area (Å²) in [6.07, 6.45) is 2.79. The maximum absolute atomic E-state index is 12.2. The lowest BCUT2D eigenvalue weighted by atomic mass is 9.75. The molecule has 0 aliphatic heterocycles. The fraction of sp³-hybridized carbons (Fsp3) is 0.857. The Balaban J connectivity index is 2.76. The summed E-state index contributed by atoms with van der Waals surface area (Å²) >= 11 is 3.21. The van der Waals surface area contributed by atoms with Gasteiger partial charge in [0, 0.05) is 0 Å². The molecule has 0 atom stereocenters. The fourth-order valence-corrected chi connectivity index (χ4v) is 2.89. The fourth-order valence-electron chi connectivity index (χ4n) is 2.36. The number of rotatable bonds is 3. The van der Waals surface area contributed by atoms with Crippen molar-refractivity contribution in [2.45, 2.75) is 64.5 Å². The van der Waals surface area contributed by atoms with E-state index in [4.69, 9.17) is 4.74 Å². The Hall–Kier alpha value is -0.580. The zero-order chi connectivity index (χ0) is 14.7. The van der Waals surface area contributed by atoms with Crippen LogP contribution in [-0.2, 0) is 9.53 Å². The molecule has 0 aromatic rings. The van der Waals surface area contributed by atoms with E-state index in [9.17, 15) is 9.59 Å². The van der Waals surface area contributed by atoms with Crippen LogP contribution in [0.25, 0.3) is 0 Å². The predicted octanol–water partition coefficient (Wildman–Crippen LogP) is 3.42. The number of alkyl carbamates (subject to hydrolysis) is 1. The molecule has 0 aromatic carbocycles. The van der Waals surface area contributed by atoms with Crippen LogP contribution in [0.1, 0.15) is 53.4 Å². The molecule has 0 saturated heterocycles. The molecule has 1 N–H and O–H groups in total. The third kappa shape index (κ3) is 4.79. The lowest BCUT2D eigenvalue weighted by Crippen LogP contribution is -2.57. The number of carbonyl (C=O) groups is 2. The van der Waals surface area contributed by atoms with Crippen molar-refractivity contribution in [3.05, 3.63) is 0 Å². The van der Waals surface area contributed by atoms with Gasteiger partial charge in [-0.3, -0.25) is 4.79 Å². The van der Waals surface area contributed by atoms with Gasteiger partial charge in [-0.15, -0.1) is 0 Å². The summed E-state index contributed by atoms with van der Waals surface area (Å²) in [5.41, 5.74) is -1.30. The maximum Gasteiger partial charge on any atom is 0.408 e. The average molecular weight is 334 g/mol. The average Bonchev–Trinajstić information content (AvgIpc) is 2.29. The molecule has 1 aliphatic carbocycles. The first-order valence-corrected chi connectivity index (χ1v) is 7.91. The monoisotopic (exact) mass is 333 g/mol. The van der Waals surface area contributed by atoms with Crippen LogP contribution in [0.3, 0.4) is 0 Å². The number of alkyl halides is 1. The number of amides is 1. The molecule has 5 heteroatoms. The lowest BCUT2D eigenvalue weighted by molar-refractivity contribution is -0.124. The SMILES string of the molecule is CC1CCC(NC(=O)OC(C)(C)C)(C(=O)CBr)CC1. The number of ketones is 1. The summed E-state index contributed by atoms with van der Waals surface area (Å²) in [5, 5.41) is 3.08. The molecular weight excluding hydrogens is 310 g/mol. The Labute approximate surface area is 123 Å². The Kier molecular flexibility index (Phi) is 5.42. The summed E-state index contributed by atoms with van der Waals surface area (Å²) in [5.74, 6) is 0.641. The molecule has 1 amide bonds. The Morgan fingerprint density at radius 1 is 1.32 bits per heavy atom. The van der Waals surface area contributed by atoms with Crippen LogP contribution in [-0.4, -0.2) is 28.3 Å². The molecule has 1 rings (SSSR count). The highest BCUT2D eigenvalue weighted by Gasteiger charge is 2.42. The first kappa shape index (κ1) is 16.5. The standard InChI is InChI=1S/C14H24BrNO3/c1-10-5-7-14(8-6-10,11(17)9-15)16-12(18)19-13(2,3)4/h10H,5-9H2,1-4H3,(H,16,18). The molecule has 0 radical (unpaired) electrons. The van der Waals surface area contributed by atoms with E-state index in [1.165, 1.54) is 0 Å². The predicted molar refractivity (Wildman–Crippen MR) is 78.5 cm³/mol. The van der Waals surface area contributed by atoms with E-state index in [2.05, 4.69) is 28.2 Å². The Morgan fingerprint density at radius 3 is 2.26 bits per heavy atom. The van der Waals surface area contributed by atoms with Crippen molar-refractivity contribution in [2.24, 2.45) is 5.92 Å². The number of nitrogens with one attached hydrogen (secondary N) is 1. The van der Waals surface area contributed by atoms with E-state index in [0.717, 1.165) is 12.8 Å². The highest BCUT2D eigenvalue weighted by molar-refractivity contribution is 9.09. The highest BCUT2D eigenvalue weighted by Crippen LogP contribution is 2.33. The van der Waals surface area contributed by atoms with Crippen LogP contribution in [0.2, 0.25) is 0 Å². The number of carbonyl (C=O) groups excluding carboxylic acids is 2. The van der Waals surface area contributed by atoms with E-state index in [0.29, 0.717) is 18.8 Å². The van der Waals surface area contributed by atoms with Gasteiger partial charge >= 0.3 is 6.09 Å². The lowest BCUT2D eigenvalue weighted by Gasteiger charge is -2.38. The van der Waals surface area contributed by atoms with E-state index in [-0.39, 0.29) is 11.1 Å². The van der Waals surface area contributed by atoms with Crippen LogP contribution in [0, 0.1) is 5.92 Å². The number of hydrogen-bond acceptors (Lipinski definition) is 3. The summed E-state index contributed by atoms with van der Waals surface area (Å²) in [4.78, 5) is 24.1. The van der Waals surface area contributed by atoms with Gasteiger partial charge in [0.2, 0.25) is 0 Å². The first-order chi connectivity index (χ1) is 8.68. The van der Waals surface area contributed by atoms with Crippen LogP contribution >= 0.6 is 15.9 Å². The second kappa shape index (κ2) is 6.25. The number of ether oxygens (including phenoxy) is 1. The van der Waals surface area contributed by atoms with Crippen molar-refractivity contribution in [2.75, 3.05) is 5.33 Å². The number of hydrogen-bond donors (Lipinski definition) is 1. The molecule has 1 fully saturated rings. The quantitative estimate of drug-likeness (QED) is 0.805. The van der Waals surface area contributed by atoms with Crippen molar-refractivity contribution in [1.29, 1.82) is 0 Å². The molecule has 19 heavy (non-hydrogen) atoms. The molecule has 4 nitrogen and oxygen atoms in total. The molecule has 0 spiro atoms. The van der Waals surface area contributed by atoms with Crippen molar-refractivity contribution < 1.29 is 14.3 Å². The van der Waals surface area contributed by atoms with Gasteiger partial charge in [-0.25, -0.2) is 4.79 Å². The van der Waals surface area contributed by atoms with E-state index in [1.807, 2.05) is 20.8 Å². The molecular formula is C14H24BrNO3. The maximum atomic E-state index is 12.2. The topological polar surface area (TPSA) is 55.4 Å². The van der Waals surface area contributed by atoms with Gasteiger partial charge in [0.25, 0.3) is 0 Å². The van der Waals surface area contributed by atoms with E-state index >= 15 is 0 Å². The third-order valence-electron chi connectivity index (χ3n) is 3.52. The van der Waals surface area contributed by atoms with E-state index < -0.39 is 17.2 Å². The van der Waals surface area contributed by atoms with Crippen LogP contribution in [0.4, 0.5) is 4.79 Å². The van der Waals surface area contributed by atoms with Crippen LogP contribution in [0.5, 0.6) is 0 Å². The van der Waals surface area contributed by atoms with Gasteiger partial charge in [0.15, 0.2) is 5.78 Å². The summed E-state index contributed by atoms with van der Waals surface area (Å²) in [7, 11) is 0. The van der Waals surface area contributed by atoms with Gasteiger partial charge in [-0.2, -0.15) is 0 Å². The highest BCUT2D eigenvalue weighted by atomic mass is 79.9. The van der Waals surface area contributed by atoms with Crippen LogP contribution in [0.15, 0.2) is 0 Å². The summed E-state index contributed by atoms with van der Waals surface area (Å²) < 4.78 is 5.27. The van der Waals surface area contributed by atoms with Gasteiger partial charge in [-0.05, 0) is 52.4 Å². The molecule has 0 heterocycles. The van der Waals surface area contributed by atoms with Gasteiger partial charge < -0.3 is 10.1 Å². The molecule has 0 aromatic heterocycles. The van der Waals surface area contributed by atoms with Crippen molar-refractivity contribution in [3.63, 3.8) is 0 Å². The molecule has 110 valence electrons. The van der Waals surface area contributed by atoms with Crippen molar-refractivity contribution in [3.8, 4) is 0 Å².